The van der Waals surface area contributed by atoms with Gasteiger partial charge in [-0.3, -0.25) is 4.79 Å². The number of para-hydroxylation sites is 1. The van der Waals surface area contributed by atoms with Crippen LogP contribution in [0.4, 0.5) is 0 Å². The number of benzene rings is 3. The molecule has 4 heteroatoms. The van der Waals surface area contributed by atoms with Crippen molar-refractivity contribution >= 4 is 17.1 Å². The smallest absolute Gasteiger partial charge is 0.186 e. The Hall–Kier alpha value is -3.79. The lowest BCUT2D eigenvalue weighted by Gasteiger charge is -2.22. The van der Waals surface area contributed by atoms with Crippen molar-refractivity contribution in [3.05, 3.63) is 102 Å². The summed E-state index contributed by atoms with van der Waals surface area (Å²) in [6.07, 6.45) is 3.54. The van der Waals surface area contributed by atoms with E-state index < -0.39 is 0 Å². The monoisotopic (exact) mass is 398 g/mol. The van der Waals surface area contributed by atoms with Gasteiger partial charge in [-0.1, -0.05) is 42.5 Å². The van der Waals surface area contributed by atoms with Gasteiger partial charge < -0.3 is 14.2 Å². The lowest BCUT2D eigenvalue weighted by Crippen LogP contribution is -2.07. The Kier molecular flexibility index (Phi) is 5.66. The molecule has 0 saturated heterocycles. The Morgan fingerprint density at radius 3 is 2.43 bits per heavy atom. The average molecular weight is 398 g/mol. The first kappa shape index (κ1) is 19.5. The van der Waals surface area contributed by atoms with E-state index in [0.717, 1.165) is 16.7 Å². The van der Waals surface area contributed by atoms with Crippen molar-refractivity contribution in [3.8, 4) is 17.2 Å². The number of fused-ring (bicyclic) bond motifs is 1. The van der Waals surface area contributed by atoms with E-state index in [1.165, 1.54) is 0 Å². The molecule has 0 atom stereocenters. The third kappa shape index (κ3) is 3.98. The second kappa shape index (κ2) is 8.70. The maximum absolute atomic E-state index is 13.0. The van der Waals surface area contributed by atoms with Crippen molar-refractivity contribution in [1.29, 1.82) is 0 Å². The summed E-state index contributed by atoms with van der Waals surface area (Å²) in [5, 5.41) is 0. The van der Waals surface area contributed by atoms with Crippen LogP contribution in [-0.4, -0.2) is 19.5 Å². The van der Waals surface area contributed by atoms with Crippen LogP contribution >= 0.6 is 0 Å². The molecule has 0 fully saturated rings. The average Bonchev–Trinajstić information content (AvgIpc) is 2.80. The zero-order valence-electron chi connectivity index (χ0n) is 16.9. The third-order valence-corrected chi connectivity index (χ3v) is 4.81. The number of hydrogen-bond donors (Lipinski definition) is 0. The number of ketones is 1. The molecule has 3 aromatic carbocycles. The van der Waals surface area contributed by atoms with E-state index in [0.29, 0.717) is 35.2 Å². The minimum Gasteiger partial charge on any atom is -0.497 e. The highest BCUT2D eigenvalue weighted by Gasteiger charge is 2.22. The van der Waals surface area contributed by atoms with Crippen molar-refractivity contribution in [2.75, 3.05) is 13.7 Å². The number of carbonyl (C=O) groups is 1. The van der Waals surface area contributed by atoms with E-state index in [2.05, 4.69) is 0 Å². The van der Waals surface area contributed by atoms with E-state index in [9.17, 15) is 4.79 Å². The van der Waals surface area contributed by atoms with Crippen molar-refractivity contribution in [2.45, 2.75) is 6.92 Å². The molecule has 0 aromatic heterocycles. The standard InChI is InChI=1S/C26H22O4/c1-3-29-24-11-7-10-22-20(16-23(27)18-12-14-21(28-2)15-13-18)17-25(30-26(22)24)19-8-5-4-6-9-19/h4-17H,3H2,1-2H3/b20-16+. The zero-order chi connectivity index (χ0) is 20.9. The highest BCUT2D eigenvalue weighted by molar-refractivity contribution is 6.11. The van der Waals surface area contributed by atoms with Gasteiger partial charge in [0.25, 0.3) is 0 Å². The number of methoxy groups -OCH3 is 1. The van der Waals surface area contributed by atoms with Crippen LogP contribution in [0.3, 0.4) is 0 Å². The molecule has 4 rings (SSSR count). The molecule has 1 aliphatic rings. The number of hydrogen-bond acceptors (Lipinski definition) is 4. The highest BCUT2D eigenvalue weighted by atomic mass is 16.5. The Labute approximate surface area is 176 Å². The fraction of sp³-hybridized carbons (Fsp3) is 0.115. The van der Waals surface area contributed by atoms with Crippen LogP contribution in [0.15, 0.2) is 84.9 Å². The minimum absolute atomic E-state index is 0.0917. The van der Waals surface area contributed by atoms with Crippen LogP contribution in [0.1, 0.15) is 28.4 Å². The summed E-state index contributed by atoms with van der Waals surface area (Å²) in [6, 6.07) is 22.6. The van der Waals surface area contributed by atoms with Gasteiger partial charge in [-0.15, -0.1) is 0 Å². The lowest BCUT2D eigenvalue weighted by atomic mass is 9.96. The highest BCUT2D eigenvalue weighted by Crippen LogP contribution is 2.43. The largest absolute Gasteiger partial charge is 0.497 e. The van der Waals surface area contributed by atoms with Crippen molar-refractivity contribution in [2.24, 2.45) is 0 Å². The first-order valence-electron chi connectivity index (χ1n) is 9.81. The van der Waals surface area contributed by atoms with Crippen LogP contribution in [-0.2, 0) is 0 Å². The Bertz CT molecular complexity index is 1110. The number of allylic oxidation sites excluding steroid dienone is 3. The molecular weight excluding hydrogens is 376 g/mol. The fourth-order valence-electron chi connectivity index (χ4n) is 3.32. The van der Waals surface area contributed by atoms with E-state index in [-0.39, 0.29) is 5.78 Å². The molecule has 150 valence electrons. The summed E-state index contributed by atoms with van der Waals surface area (Å²) in [5.74, 6) is 2.56. The van der Waals surface area contributed by atoms with Gasteiger partial charge in [-0.25, -0.2) is 0 Å². The van der Waals surface area contributed by atoms with Gasteiger partial charge in [-0.2, -0.15) is 0 Å². The Morgan fingerprint density at radius 2 is 1.73 bits per heavy atom. The summed E-state index contributed by atoms with van der Waals surface area (Å²) in [7, 11) is 1.60. The van der Waals surface area contributed by atoms with Crippen LogP contribution in [0.5, 0.6) is 17.2 Å². The quantitative estimate of drug-likeness (QED) is 0.389. The molecule has 1 heterocycles. The summed E-state index contributed by atoms with van der Waals surface area (Å²) in [4.78, 5) is 13.0. The van der Waals surface area contributed by atoms with Gasteiger partial charge in [0.15, 0.2) is 17.3 Å². The predicted molar refractivity (Wildman–Crippen MR) is 118 cm³/mol. The molecule has 0 spiro atoms. The number of carbonyl (C=O) groups excluding carboxylic acids is 1. The maximum atomic E-state index is 13.0. The first-order chi connectivity index (χ1) is 14.7. The molecule has 0 radical (unpaired) electrons. The van der Waals surface area contributed by atoms with Gasteiger partial charge in [0, 0.05) is 16.7 Å². The molecule has 0 amide bonds. The van der Waals surface area contributed by atoms with Crippen molar-refractivity contribution in [3.63, 3.8) is 0 Å². The molecule has 0 unspecified atom stereocenters. The zero-order valence-corrected chi connectivity index (χ0v) is 16.9. The molecule has 0 N–H and O–H groups in total. The summed E-state index contributed by atoms with van der Waals surface area (Å²) < 4.78 is 17.2. The molecule has 3 aromatic rings. The van der Waals surface area contributed by atoms with Crippen LogP contribution in [0.2, 0.25) is 0 Å². The summed E-state index contributed by atoms with van der Waals surface area (Å²) >= 11 is 0. The first-order valence-corrected chi connectivity index (χ1v) is 9.81. The Balaban J connectivity index is 1.79. The van der Waals surface area contributed by atoms with E-state index in [1.54, 1.807) is 37.5 Å². The van der Waals surface area contributed by atoms with Crippen LogP contribution in [0, 0.1) is 0 Å². The molecule has 30 heavy (non-hydrogen) atoms. The van der Waals surface area contributed by atoms with Crippen molar-refractivity contribution in [1.82, 2.24) is 0 Å². The minimum atomic E-state index is -0.0917. The van der Waals surface area contributed by atoms with Gasteiger partial charge in [0.2, 0.25) is 0 Å². The topological polar surface area (TPSA) is 44.8 Å². The molecule has 4 nitrogen and oxygen atoms in total. The van der Waals surface area contributed by atoms with E-state index in [1.807, 2.05) is 61.5 Å². The lowest BCUT2D eigenvalue weighted by molar-refractivity contribution is 0.104. The number of ether oxygens (including phenoxy) is 3. The SMILES string of the molecule is CCOc1cccc2c1OC(c1ccccc1)=C/C2=C\C(=O)c1ccc(OC)cc1. The third-order valence-electron chi connectivity index (χ3n) is 4.81. The number of rotatable bonds is 6. The molecule has 1 aliphatic heterocycles. The van der Waals surface area contributed by atoms with Gasteiger partial charge >= 0.3 is 0 Å². The maximum Gasteiger partial charge on any atom is 0.186 e. The second-order valence-corrected chi connectivity index (χ2v) is 6.73. The molecule has 0 aliphatic carbocycles. The van der Waals surface area contributed by atoms with Gasteiger partial charge in [-0.05, 0) is 55.0 Å². The normalized spacial score (nSPS) is 13.8. The van der Waals surface area contributed by atoms with Gasteiger partial charge in [0.1, 0.15) is 11.5 Å². The van der Waals surface area contributed by atoms with Crippen LogP contribution < -0.4 is 14.2 Å². The van der Waals surface area contributed by atoms with Crippen LogP contribution in [0.25, 0.3) is 11.3 Å². The fourth-order valence-corrected chi connectivity index (χ4v) is 3.32. The molecule has 0 bridgehead atoms. The van der Waals surface area contributed by atoms with E-state index in [4.69, 9.17) is 14.2 Å². The van der Waals surface area contributed by atoms with Crippen molar-refractivity contribution < 1.29 is 19.0 Å². The van der Waals surface area contributed by atoms with E-state index >= 15 is 0 Å². The second-order valence-electron chi connectivity index (χ2n) is 6.73. The summed E-state index contributed by atoms with van der Waals surface area (Å²) in [6.45, 7) is 2.45. The van der Waals surface area contributed by atoms with Gasteiger partial charge in [0.05, 0.1) is 13.7 Å². The Morgan fingerprint density at radius 1 is 0.967 bits per heavy atom. The molecule has 0 saturated carbocycles. The molecular formula is C26H22O4. The predicted octanol–water partition coefficient (Wildman–Crippen LogP) is 5.79. The summed E-state index contributed by atoms with van der Waals surface area (Å²) in [5.41, 5.74) is 3.11.